The van der Waals surface area contributed by atoms with Crippen molar-refractivity contribution in [3.63, 3.8) is 0 Å². The Morgan fingerprint density at radius 3 is 2.90 bits per heavy atom. The van der Waals surface area contributed by atoms with Gasteiger partial charge in [0.15, 0.2) is 0 Å². The maximum atomic E-state index is 12.5. The lowest BCUT2D eigenvalue weighted by molar-refractivity contribution is 0.236. The number of sulfonamides is 1. The molecule has 3 heterocycles. The third kappa shape index (κ3) is 2.14. The van der Waals surface area contributed by atoms with E-state index in [1.807, 2.05) is 6.07 Å². The second-order valence-electron chi connectivity index (χ2n) is 5.41. The quantitative estimate of drug-likeness (QED) is 0.878. The van der Waals surface area contributed by atoms with Crippen LogP contribution < -0.4 is 0 Å². The summed E-state index contributed by atoms with van der Waals surface area (Å²) in [5.74, 6) is 0. The molecular weight excluding hydrogens is 278 g/mol. The van der Waals surface area contributed by atoms with Crippen molar-refractivity contribution in [3.8, 4) is 0 Å². The second kappa shape index (κ2) is 4.71. The first-order valence-electron chi connectivity index (χ1n) is 6.51. The van der Waals surface area contributed by atoms with Crippen molar-refractivity contribution in [2.45, 2.75) is 30.1 Å². The predicted molar refractivity (Wildman–Crippen MR) is 72.5 cm³/mol. The highest BCUT2D eigenvalue weighted by molar-refractivity contribution is 7.89. The number of H-pyrrole nitrogens is 2. The fourth-order valence-electron chi connectivity index (χ4n) is 2.74. The summed E-state index contributed by atoms with van der Waals surface area (Å²) in [7, 11) is -3.48. The summed E-state index contributed by atoms with van der Waals surface area (Å²) in [6, 6.07) is 1.91. The molecule has 0 amide bonds. The Hall–Kier alpha value is -1.67. The lowest BCUT2D eigenvalue weighted by Gasteiger charge is -2.38. The third-order valence-corrected chi connectivity index (χ3v) is 5.73. The number of hydrogen-bond acceptors (Lipinski definition) is 4. The first-order valence-corrected chi connectivity index (χ1v) is 7.95. The van der Waals surface area contributed by atoms with Crippen LogP contribution in [0.1, 0.15) is 25.5 Å². The largest absolute Gasteiger partial charge is 0.284 e. The van der Waals surface area contributed by atoms with Crippen molar-refractivity contribution in [1.82, 2.24) is 24.7 Å². The van der Waals surface area contributed by atoms with E-state index in [9.17, 15) is 8.42 Å². The zero-order valence-electron chi connectivity index (χ0n) is 11.2. The number of hydrogen-bond donors (Lipinski definition) is 2. The highest BCUT2D eigenvalue weighted by atomic mass is 32.2. The average molecular weight is 295 g/mol. The van der Waals surface area contributed by atoms with Gasteiger partial charge in [0.2, 0.25) is 10.0 Å². The molecule has 2 aromatic rings. The van der Waals surface area contributed by atoms with Gasteiger partial charge in [-0.25, -0.2) is 8.42 Å². The maximum absolute atomic E-state index is 12.5. The normalized spacial score (nSPS) is 24.9. The van der Waals surface area contributed by atoms with Gasteiger partial charge in [-0.3, -0.25) is 10.2 Å². The minimum absolute atomic E-state index is 0.214. The molecule has 1 atom stereocenters. The second-order valence-corrected chi connectivity index (χ2v) is 7.35. The van der Waals surface area contributed by atoms with E-state index < -0.39 is 10.0 Å². The number of aromatic amines is 2. The van der Waals surface area contributed by atoms with Crippen molar-refractivity contribution >= 4 is 10.0 Å². The summed E-state index contributed by atoms with van der Waals surface area (Å²) in [5, 5.41) is 13.2. The molecule has 8 heteroatoms. The summed E-state index contributed by atoms with van der Waals surface area (Å²) in [6.07, 6.45) is 6.22. The van der Waals surface area contributed by atoms with Crippen LogP contribution in [0.25, 0.3) is 0 Å². The van der Waals surface area contributed by atoms with Gasteiger partial charge in [-0.2, -0.15) is 14.5 Å². The van der Waals surface area contributed by atoms with Gasteiger partial charge >= 0.3 is 0 Å². The van der Waals surface area contributed by atoms with Crippen LogP contribution in [-0.4, -0.2) is 46.2 Å². The Morgan fingerprint density at radius 2 is 2.25 bits per heavy atom. The van der Waals surface area contributed by atoms with Crippen molar-refractivity contribution in [2.24, 2.45) is 0 Å². The Bertz CT molecular complexity index is 665. The molecule has 0 unspecified atom stereocenters. The number of rotatable bonds is 3. The summed E-state index contributed by atoms with van der Waals surface area (Å²) < 4.78 is 26.6. The zero-order valence-corrected chi connectivity index (χ0v) is 12.0. The van der Waals surface area contributed by atoms with E-state index in [-0.39, 0.29) is 10.3 Å². The Kier molecular flexibility index (Phi) is 3.14. The number of piperidine rings is 1. The molecular formula is C12H17N5O2S. The summed E-state index contributed by atoms with van der Waals surface area (Å²) in [6.45, 7) is 3.05. The first kappa shape index (κ1) is 13.3. The fraction of sp³-hybridized carbons (Fsp3) is 0.500. The molecule has 3 rings (SSSR count). The van der Waals surface area contributed by atoms with Crippen molar-refractivity contribution in [3.05, 3.63) is 30.4 Å². The minimum Gasteiger partial charge on any atom is -0.284 e. The summed E-state index contributed by atoms with van der Waals surface area (Å²) >= 11 is 0. The van der Waals surface area contributed by atoms with Gasteiger partial charge in [0, 0.05) is 36.6 Å². The molecule has 20 heavy (non-hydrogen) atoms. The van der Waals surface area contributed by atoms with E-state index in [1.54, 1.807) is 6.20 Å². The molecule has 1 fully saturated rings. The topological polar surface area (TPSA) is 94.7 Å². The molecule has 0 aliphatic carbocycles. The average Bonchev–Trinajstić information content (AvgIpc) is 3.12. The highest BCUT2D eigenvalue weighted by Gasteiger charge is 2.39. The number of nitrogens with zero attached hydrogens (tertiary/aromatic N) is 3. The molecule has 2 aromatic heterocycles. The van der Waals surface area contributed by atoms with Crippen LogP contribution in [0, 0.1) is 0 Å². The van der Waals surface area contributed by atoms with Gasteiger partial charge in [0.05, 0.1) is 6.20 Å². The zero-order chi connectivity index (χ0) is 14.2. The lowest BCUT2D eigenvalue weighted by Crippen LogP contribution is -2.47. The first-order chi connectivity index (χ1) is 9.52. The van der Waals surface area contributed by atoms with Crippen LogP contribution in [0.4, 0.5) is 0 Å². The van der Waals surface area contributed by atoms with Gasteiger partial charge < -0.3 is 0 Å². The third-order valence-electron chi connectivity index (χ3n) is 3.92. The summed E-state index contributed by atoms with van der Waals surface area (Å²) in [5.41, 5.74) is 0.746. The summed E-state index contributed by atoms with van der Waals surface area (Å²) in [4.78, 5) is 0.214. The highest BCUT2D eigenvalue weighted by Crippen LogP contribution is 2.34. The van der Waals surface area contributed by atoms with Crippen LogP contribution in [0.3, 0.4) is 0 Å². The molecule has 0 radical (unpaired) electrons. The van der Waals surface area contributed by atoms with Gasteiger partial charge in [0.25, 0.3) is 0 Å². The van der Waals surface area contributed by atoms with Gasteiger partial charge in [-0.15, -0.1) is 0 Å². The van der Waals surface area contributed by atoms with E-state index in [0.717, 1.165) is 18.5 Å². The van der Waals surface area contributed by atoms with E-state index in [1.165, 1.54) is 16.7 Å². The van der Waals surface area contributed by atoms with E-state index in [4.69, 9.17) is 0 Å². The van der Waals surface area contributed by atoms with Crippen molar-refractivity contribution in [2.75, 3.05) is 13.1 Å². The Morgan fingerprint density at radius 1 is 1.40 bits per heavy atom. The number of aromatic nitrogens is 4. The van der Waals surface area contributed by atoms with Crippen molar-refractivity contribution in [1.29, 1.82) is 0 Å². The van der Waals surface area contributed by atoms with Gasteiger partial charge in [0.1, 0.15) is 4.90 Å². The predicted octanol–water partition coefficient (Wildman–Crippen LogP) is 0.875. The molecule has 0 saturated carbocycles. The van der Waals surface area contributed by atoms with Gasteiger partial charge in [-0.1, -0.05) is 6.92 Å². The molecule has 0 spiro atoms. The smallest absolute Gasteiger partial charge is 0.246 e. The van der Waals surface area contributed by atoms with Crippen molar-refractivity contribution < 1.29 is 8.42 Å². The molecule has 0 aromatic carbocycles. The molecule has 1 aliphatic heterocycles. The van der Waals surface area contributed by atoms with E-state index in [0.29, 0.717) is 13.1 Å². The standard InChI is InChI=1S/C12H17N5O2S/c1-12(11-3-5-13-16-11)4-2-6-17(9-12)20(18,19)10-7-14-15-8-10/h3,5,7-8H,2,4,6,9H2,1H3,(H,13,16)(H,14,15)/t12-/m1/s1. The van der Waals surface area contributed by atoms with Crippen LogP contribution >= 0.6 is 0 Å². The maximum Gasteiger partial charge on any atom is 0.246 e. The van der Waals surface area contributed by atoms with E-state index in [2.05, 4.69) is 27.3 Å². The molecule has 1 saturated heterocycles. The fourth-order valence-corrected chi connectivity index (χ4v) is 4.25. The Balaban J connectivity index is 1.90. The van der Waals surface area contributed by atoms with Crippen LogP contribution in [-0.2, 0) is 15.4 Å². The monoisotopic (exact) mass is 295 g/mol. The SMILES string of the molecule is C[C@@]1(c2ccn[nH]2)CCCN(S(=O)(=O)c2cn[nH]c2)C1. The molecule has 2 N–H and O–H groups in total. The molecule has 1 aliphatic rings. The lowest BCUT2D eigenvalue weighted by atomic mass is 9.80. The van der Waals surface area contributed by atoms with Crippen LogP contribution in [0.15, 0.2) is 29.6 Å². The minimum atomic E-state index is -3.48. The van der Waals surface area contributed by atoms with Crippen LogP contribution in [0.2, 0.25) is 0 Å². The van der Waals surface area contributed by atoms with E-state index >= 15 is 0 Å². The van der Waals surface area contributed by atoms with Crippen LogP contribution in [0.5, 0.6) is 0 Å². The Labute approximate surface area is 117 Å². The van der Waals surface area contributed by atoms with Gasteiger partial charge in [-0.05, 0) is 18.9 Å². The molecule has 108 valence electrons. The number of nitrogens with one attached hydrogen (secondary N) is 2. The molecule has 7 nitrogen and oxygen atoms in total. The molecule has 0 bridgehead atoms.